The van der Waals surface area contributed by atoms with Crippen molar-refractivity contribution in [2.45, 2.75) is 68.5 Å². The number of carbonyl (C=O) groups is 3. The quantitative estimate of drug-likeness (QED) is 0.0985. The van der Waals surface area contributed by atoms with Crippen molar-refractivity contribution in [1.82, 2.24) is 10.2 Å². The summed E-state index contributed by atoms with van der Waals surface area (Å²) in [5, 5.41) is 46.0. The second-order valence-corrected chi connectivity index (χ2v) is 7.45. The third kappa shape index (κ3) is 4.49. The maximum Gasteiger partial charge on any atom is 0.311 e. The lowest BCUT2D eigenvalue weighted by molar-refractivity contribution is -0.320. The van der Waals surface area contributed by atoms with Crippen LogP contribution in [0.1, 0.15) is 38.5 Å². The number of carbonyl (C=O) groups excluding carboxylic acids is 2. The number of amides is 2. The third-order valence-electron chi connectivity index (χ3n) is 5.54. The first-order chi connectivity index (χ1) is 14.2. The Morgan fingerprint density at radius 2 is 2.03 bits per heavy atom. The molecule has 2 aliphatic heterocycles. The van der Waals surface area contributed by atoms with Gasteiger partial charge < -0.3 is 30.6 Å². The Morgan fingerprint density at radius 3 is 2.63 bits per heavy atom. The van der Waals surface area contributed by atoms with E-state index in [1.165, 1.54) is 0 Å². The van der Waals surface area contributed by atoms with Crippen LogP contribution in [0, 0.1) is 18.3 Å². The van der Waals surface area contributed by atoms with Gasteiger partial charge in [0.2, 0.25) is 11.8 Å². The van der Waals surface area contributed by atoms with Gasteiger partial charge in [-0.1, -0.05) is 11.5 Å². The highest BCUT2D eigenvalue weighted by Gasteiger charge is 2.69. The lowest BCUT2D eigenvalue weighted by atomic mass is 9.66. The molecule has 6 atom stereocenters. The maximum atomic E-state index is 13.0. The number of azide groups is 1. The lowest BCUT2D eigenvalue weighted by Crippen LogP contribution is -2.84. The molecule has 12 heteroatoms. The molecule has 3 rings (SSSR count). The van der Waals surface area contributed by atoms with Crippen molar-refractivity contribution in [1.29, 1.82) is 0 Å². The van der Waals surface area contributed by atoms with Crippen molar-refractivity contribution < 1.29 is 34.8 Å². The number of rotatable bonds is 10. The number of piperidine rings is 1. The summed E-state index contributed by atoms with van der Waals surface area (Å²) >= 11 is 0. The van der Waals surface area contributed by atoms with Crippen LogP contribution >= 0.6 is 0 Å². The van der Waals surface area contributed by atoms with E-state index in [9.17, 15) is 34.8 Å². The average Bonchev–Trinajstić information content (AvgIpc) is 2.67. The standard InChI is InChI=1S/C18H25N5O7/c1-2-6-10(21-12(24)7-4-3-5-8-20-22-19)16(27)23-11-9-18(23,30)15(26)14(25)13(11)17(28)29/h1,10-11,13-15,25-26,30H,3-9H2,(H,21,24)(H,28,29). The molecule has 30 heavy (non-hydrogen) atoms. The number of aliphatic hydroxyl groups excluding tert-OH is 2. The van der Waals surface area contributed by atoms with Crippen LogP contribution in [0.2, 0.25) is 0 Å². The highest BCUT2D eigenvalue weighted by Crippen LogP contribution is 2.49. The number of aliphatic hydroxyl groups is 3. The normalized spacial score (nSPS) is 30.3. The Hall–Kier alpha value is -2.84. The number of terminal acetylenes is 1. The lowest BCUT2D eigenvalue weighted by Gasteiger charge is -2.64. The van der Waals surface area contributed by atoms with E-state index < -0.39 is 53.7 Å². The summed E-state index contributed by atoms with van der Waals surface area (Å²) < 4.78 is 0. The van der Waals surface area contributed by atoms with Gasteiger partial charge in [-0.15, -0.1) is 12.3 Å². The summed E-state index contributed by atoms with van der Waals surface area (Å²) in [5.41, 5.74) is 6.08. The summed E-state index contributed by atoms with van der Waals surface area (Å²) in [6.07, 6.45) is 3.11. The highest BCUT2D eigenvalue weighted by atomic mass is 16.4. The Morgan fingerprint density at radius 1 is 1.33 bits per heavy atom. The molecule has 3 aliphatic rings. The van der Waals surface area contributed by atoms with Crippen LogP contribution in [0.15, 0.2) is 5.11 Å². The van der Waals surface area contributed by atoms with E-state index in [1.54, 1.807) is 0 Å². The summed E-state index contributed by atoms with van der Waals surface area (Å²) in [6.45, 7) is 0.324. The van der Waals surface area contributed by atoms with Crippen LogP contribution in [-0.4, -0.2) is 79.7 Å². The smallest absolute Gasteiger partial charge is 0.311 e. The highest BCUT2D eigenvalue weighted by molar-refractivity contribution is 5.90. The third-order valence-corrected chi connectivity index (χ3v) is 5.54. The van der Waals surface area contributed by atoms with Crippen LogP contribution in [0.4, 0.5) is 0 Å². The molecule has 0 aromatic heterocycles. The molecule has 2 heterocycles. The average molecular weight is 423 g/mol. The largest absolute Gasteiger partial charge is 0.481 e. The molecule has 0 radical (unpaired) electrons. The van der Waals surface area contributed by atoms with E-state index in [2.05, 4.69) is 21.3 Å². The Bertz CT molecular complexity index is 777. The van der Waals surface area contributed by atoms with Gasteiger partial charge in [0, 0.05) is 30.7 Å². The number of nitrogens with one attached hydrogen (secondary N) is 1. The fourth-order valence-electron chi connectivity index (χ4n) is 4.03. The summed E-state index contributed by atoms with van der Waals surface area (Å²) in [7, 11) is 0. The zero-order valence-corrected chi connectivity index (χ0v) is 16.2. The minimum Gasteiger partial charge on any atom is -0.481 e. The number of aliphatic carboxylic acids is 1. The van der Waals surface area contributed by atoms with Crippen LogP contribution < -0.4 is 5.32 Å². The molecule has 2 bridgehead atoms. The van der Waals surface area contributed by atoms with Crippen LogP contribution in [0.25, 0.3) is 10.4 Å². The predicted octanol–water partition coefficient (Wildman–Crippen LogP) is -0.909. The van der Waals surface area contributed by atoms with Crippen LogP contribution in [0.3, 0.4) is 0 Å². The van der Waals surface area contributed by atoms with Gasteiger partial charge in [0.25, 0.3) is 0 Å². The fourth-order valence-corrected chi connectivity index (χ4v) is 4.03. The van der Waals surface area contributed by atoms with E-state index in [1.807, 2.05) is 0 Å². The molecule has 12 nitrogen and oxygen atoms in total. The summed E-state index contributed by atoms with van der Waals surface area (Å²) in [5.74, 6) is -1.90. The Kier molecular flexibility index (Phi) is 7.64. The van der Waals surface area contributed by atoms with E-state index in [-0.39, 0.29) is 19.3 Å². The van der Waals surface area contributed by atoms with Gasteiger partial charge in [0.1, 0.15) is 18.1 Å². The van der Waals surface area contributed by atoms with Crippen molar-refractivity contribution in [3.63, 3.8) is 0 Å². The van der Waals surface area contributed by atoms with Crippen molar-refractivity contribution >= 4 is 17.8 Å². The van der Waals surface area contributed by atoms with Gasteiger partial charge in [-0.2, -0.15) is 0 Å². The van der Waals surface area contributed by atoms with Gasteiger partial charge in [-0.3, -0.25) is 14.4 Å². The van der Waals surface area contributed by atoms with Crippen molar-refractivity contribution in [3.05, 3.63) is 10.4 Å². The topological polar surface area (TPSA) is 196 Å². The number of carboxylic acids is 1. The number of hydrogen-bond donors (Lipinski definition) is 5. The molecule has 3 fully saturated rings. The second kappa shape index (κ2) is 9.77. The molecule has 1 aliphatic carbocycles. The SMILES string of the molecule is C#CCC(NC(=O)CCCCCN=[N+]=[N-])C(=O)N1C2CC1(O)C(O)C(O)C2C(=O)O. The molecule has 2 amide bonds. The fraction of sp³-hybridized carbons (Fsp3) is 0.722. The zero-order valence-electron chi connectivity index (χ0n) is 16.2. The molecule has 1 saturated carbocycles. The van der Waals surface area contributed by atoms with Gasteiger partial charge in [-0.05, 0) is 18.4 Å². The Labute approximate surface area is 172 Å². The molecule has 5 N–H and O–H groups in total. The van der Waals surface area contributed by atoms with E-state index in [4.69, 9.17) is 12.0 Å². The first kappa shape index (κ1) is 23.4. The van der Waals surface area contributed by atoms with E-state index in [0.29, 0.717) is 25.8 Å². The molecule has 2 saturated heterocycles. The van der Waals surface area contributed by atoms with Gasteiger partial charge in [0.15, 0.2) is 5.72 Å². The minimum absolute atomic E-state index is 0.0946. The molecule has 6 unspecified atom stereocenters. The summed E-state index contributed by atoms with van der Waals surface area (Å²) in [6, 6.07) is -2.24. The van der Waals surface area contributed by atoms with Crippen molar-refractivity contribution in [2.24, 2.45) is 11.0 Å². The van der Waals surface area contributed by atoms with Crippen molar-refractivity contribution in [3.8, 4) is 12.3 Å². The monoisotopic (exact) mass is 423 g/mol. The number of carboxylic acid groups (broad SMARTS) is 1. The number of unbranched alkanes of at least 4 members (excludes halogenated alkanes) is 2. The molecule has 0 aromatic rings. The van der Waals surface area contributed by atoms with E-state index >= 15 is 0 Å². The minimum atomic E-state index is -2.12. The first-order valence-electron chi connectivity index (χ1n) is 9.57. The van der Waals surface area contributed by atoms with Crippen LogP contribution in [-0.2, 0) is 14.4 Å². The number of hydrogen-bond acceptors (Lipinski definition) is 7. The summed E-state index contributed by atoms with van der Waals surface area (Å²) in [4.78, 5) is 40.1. The zero-order chi connectivity index (χ0) is 22.5. The maximum absolute atomic E-state index is 13.0. The van der Waals surface area contributed by atoms with Crippen LogP contribution in [0.5, 0.6) is 0 Å². The van der Waals surface area contributed by atoms with Crippen molar-refractivity contribution in [2.75, 3.05) is 6.54 Å². The number of fused-ring (bicyclic) bond motifs is 2. The second-order valence-electron chi connectivity index (χ2n) is 7.45. The number of nitrogens with zero attached hydrogens (tertiary/aromatic N) is 4. The van der Waals surface area contributed by atoms with Gasteiger partial charge in [0.05, 0.1) is 12.1 Å². The molecular weight excluding hydrogens is 398 g/mol. The molecule has 0 aromatic carbocycles. The predicted molar refractivity (Wildman–Crippen MR) is 101 cm³/mol. The van der Waals surface area contributed by atoms with Gasteiger partial charge >= 0.3 is 5.97 Å². The van der Waals surface area contributed by atoms with E-state index in [0.717, 1.165) is 4.90 Å². The molecule has 164 valence electrons. The first-order valence-corrected chi connectivity index (χ1v) is 9.57. The van der Waals surface area contributed by atoms with Gasteiger partial charge in [-0.25, -0.2) is 0 Å². The molecular formula is C18H25N5O7. The molecule has 0 spiro atoms. The Balaban J connectivity index is 2.03.